The highest BCUT2D eigenvalue weighted by Crippen LogP contribution is 2.33. The average molecular weight is 280 g/mol. The van der Waals surface area contributed by atoms with Crippen LogP contribution in [-0.4, -0.2) is 24.4 Å². The Bertz CT molecular complexity index is 736. The van der Waals surface area contributed by atoms with E-state index < -0.39 is 0 Å². The Morgan fingerprint density at radius 3 is 2.43 bits per heavy atom. The normalized spacial score (nSPS) is 10.4. The maximum Gasteiger partial charge on any atom is 0.131 e. The number of aromatic nitrogens is 2. The van der Waals surface area contributed by atoms with Gasteiger partial charge in [-0.2, -0.15) is 5.10 Å². The molecular weight excluding hydrogens is 264 g/mol. The minimum atomic E-state index is 0.748. The molecule has 21 heavy (non-hydrogen) atoms. The first kappa shape index (κ1) is 13.2. The smallest absolute Gasteiger partial charge is 0.131 e. The van der Waals surface area contributed by atoms with E-state index in [4.69, 9.17) is 9.47 Å². The largest absolute Gasteiger partial charge is 0.497 e. The monoisotopic (exact) mass is 280 g/mol. The van der Waals surface area contributed by atoms with Crippen molar-refractivity contribution in [3.63, 3.8) is 0 Å². The summed E-state index contributed by atoms with van der Waals surface area (Å²) in [7, 11) is 3.28. The van der Waals surface area contributed by atoms with Crippen molar-refractivity contribution in [2.24, 2.45) is 0 Å². The molecule has 0 atom stereocenters. The van der Waals surface area contributed by atoms with Crippen LogP contribution in [0.5, 0.6) is 11.5 Å². The number of nitrogens with zero attached hydrogens (tertiary/aromatic N) is 1. The number of aromatic amines is 1. The molecule has 2 aromatic carbocycles. The summed E-state index contributed by atoms with van der Waals surface area (Å²) < 4.78 is 10.6. The second kappa shape index (κ2) is 5.71. The number of hydrogen-bond acceptors (Lipinski definition) is 3. The molecule has 1 heterocycles. The zero-order valence-corrected chi connectivity index (χ0v) is 12.0. The van der Waals surface area contributed by atoms with Crippen LogP contribution in [0.4, 0.5) is 0 Å². The van der Waals surface area contributed by atoms with Gasteiger partial charge in [0.2, 0.25) is 0 Å². The van der Waals surface area contributed by atoms with Gasteiger partial charge in [0.15, 0.2) is 0 Å². The van der Waals surface area contributed by atoms with Crippen molar-refractivity contribution in [2.45, 2.75) is 0 Å². The van der Waals surface area contributed by atoms with Gasteiger partial charge in [0.05, 0.1) is 25.6 Å². The Morgan fingerprint density at radius 1 is 0.905 bits per heavy atom. The van der Waals surface area contributed by atoms with Crippen molar-refractivity contribution >= 4 is 0 Å². The van der Waals surface area contributed by atoms with Gasteiger partial charge in [0.25, 0.3) is 0 Å². The molecule has 1 aromatic heterocycles. The molecule has 0 bridgehead atoms. The first-order valence-corrected chi connectivity index (χ1v) is 6.65. The van der Waals surface area contributed by atoms with Crippen molar-refractivity contribution in [1.29, 1.82) is 0 Å². The van der Waals surface area contributed by atoms with Crippen LogP contribution in [0.1, 0.15) is 0 Å². The van der Waals surface area contributed by atoms with Crippen LogP contribution in [0, 0.1) is 0 Å². The molecule has 0 fully saturated rings. The number of benzene rings is 2. The number of rotatable bonds is 4. The highest BCUT2D eigenvalue weighted by atomic mass is 16.5. The van der Waals surface area contributed by atoms with E-state index in [1.165, 1.54) is 0 Å². The van der Waals surface area contributed by atoms with Crippen molar-refractivity contribution in [3.05, 3.63) is 54.6 Å². The SMILES string of the molecule is COc1ccc(-c2cc(-c3ccccc3)n[nH]2)c(OC)c1. The van der Waals surface area contributed by atoms with Crippen LogP contribution in [-0.2, 0) is 0 Å². The molecule has 0 aliphatic rings. The average Bonchev–Trinajstić information content (AvgIpc) is 3.04. The third-order valence-electron chi connectivity index (χ3n) is 3.35. The predicted octanol–water partition coefficient (Wildman–Crippen LogP) is 3.76. The van der Waals surface area contributed by atoms with E-state index in [0.717, 1.165) is 34.0 Å². The minimum absolute atomic E-state index is 0.748. The minimum Gasteiger partial charge on any atom is -0.497 e. The van der Waals surface area contributed by atoms with Gasteiger partial charge in [0.1, 0.15) is 11.5 Å². The first-order chi connectivity index (χ1) is 10.3. The topological polar surface area (TPSA) is 47.1 Å². The molecule has 4 heteroatoms. The second-order valence-corrected chi connectivity index (χ2v) is 4.60. The molecule has 0 saturated heterocycles. The summed E-state index contributed by atoms with van der Waals surface area (Å²) in [5.41, 5.74) is 3.84. The van der Waals surface area contributed by atoms with Gasteiger partial charge in [-0.3, -0.25) is 5.10 Å². The third kappa shape index (κ3) is 2.60. The van der Waals surface area contributed by atoms with E-state index in [1.54, 1.807) is 14.2 Å². The van der Waals surface area contributed by atoms with Crippen molar-refractivity contribution in [3.8, 4) is 34.0 Å². The molecule has 0 saturated carbocycles. The Balaban J connectivity index is 2.00. The van der Waals surface area contributed by atoms with Gasteiger partial charge >= 0.3 is 0 Å². The summed E-state index contributed by atoms with van der Waals surface area (Å²) >= 11 is 0. The molecule has 0 unspecified atom stereocenters. The summed E-state index contributed by atoms with van der Waals surface area (Å²) in [6.07, 6.45) is 0. The van der Waals surface area contributed by atoms with Gasteiger partial charge in [-0.05, 0) is 18.2 Å². The van der Waals surface area contributed by atoms with Crippen LogP contribution < -0.4 is 9.47 Å². The van der Waals surface area contributed by atoms with Gasteiger partial charge in [0, 0.05) is 17.2 Å². The lowest BCUT2D eigenvalue weighted by Gasteiger charge is -2.08. The molecule has 4 nitrogen and oxygen atoms in total. The summed E-state index contributed by atoms with van der Waals surface area (Å²) in [6, 6.07) is 17.8. The summed E-state index contributed by atoms with van der Waals surface area (Å²) in [5, 5.41) is 7.43. The van der Waals surface area contributed by atoms with Gasteiger partial charge in [-0.1, -0.05) is 30.3 Å². The maximum absolute atomic E-state index is 5.43. The zero-order valence-electron chi connectivity index (χ0n) is 12.0. The molecule has 0 aliphatic carbocycles. The summed E-state index contributed by atoms with van der Waals surface area (Å²) in [6.45, 7) is 0. The molecule has 0 spiro atoms. The Kier molecular flexibility index (Phi) is 3.60. The molecule has 0 aliphatic heterocycles. The lowest BCUT2D eigenvalue weighted by molar-refractivity contribution is 0.395. The maximum atomic E-state index is 5.43. The van der Waals surface area contributed by atoms with Crippen molar-refractivity contribution in [2.75, 3.05) is 14.2 Å². The van der Waals surface area contributed by atoms with E-state index in [2.05, 4.69) is 10.2 Å². The molecule has 1 N–H and O–H groups in total. The molecule has 3 rings (SSSR count). The second-order valence-electron chi connectivity index (χ2n) is 4.60. The standard InChI is InChI=1S/C17H16N2O2/c1-20-13-8-9-14(17(10-13)21-2)16-11-15(18-19-16)12-6-4-3-5-7-12/h3-11H,1-2H3,(H,18,19). The predicted molar refractivity (Wildman–Crippen MR) is 82.6 cm³/mol. The van der Waals surface area contributed by atoms with E-state index in [0.29, 0.717) is 0 Å². The van der Waals surface area contributed by atoms with Crippen LogP contribution in [0.15, 0.2) is 54.6 Å². The van der Waals surface area contributed by atoms with E-state index in [9.17, 15) is 0 Å². The molecule has 106 valence electrons. The van der Waals surface area contributed by atoms with Gasteiger partial charge in [-0.15, -0.1) is 0 Å². The fourth-order valence-electron chi connectivity index (χ4n) is 2.24. The number of ether oxygens (including phenoxy) is 2. The molecular formula is C17H16N2O2. The van der Waals surface area contributed by atoms with E-state index >= 15 is 0 Å². The Morgan fingerprint density at radius 2 is 1.71 bits per heavy atom. The van der Waals surface area contributed by atoms with Crippen molar-refractivity contribution < 1.29 is 9.47 Å². The van der Waals surface area contributed by atoms with Gasteiger partial charge in [-0.25, -0.2) is 0 Å². The Labute approximate surface area is 123 Å². The lowest BCUT2D eigenvalue weighted by atomic mass is 10.1. The van der Waals surface area contributed by atoms with Gasteiger partial charge < -0.3 is 9.47 Å². The van der Waals surface area contributed by atoms with Crippen molar-refractivity contribution in [1.82, 2.24) is 10.2 Å². The molecule has 3 aromatic rings. The van der Waals surface area contributed by atoms with E-state index in [1.807, 2.05) is 54.6 Å². The number of hydrogen-bond donors (Lipinski definition) is 1. The third-order valence-corrected chi connectivity index (χ3v) is 3.35. The van der Waals surface area contributed by atoms with E-state index in [-0.39, 0.29) is 0 Å². The Hall–Kier alpha value is -2.75. The lowest BCUT2D eigenvalue weighted by Crippen LogP contribution is -1.90. The fourth-order valence-corrected chi connectivity index (χ4v) is 2.24. The zero-order chi connectivity index (χ0) is 14.7. The quantitative estimate of drug-likeness (QED) is 0.791. The number of nitrogens with one attached hydrogen (secondary N) is 1. The highest BCUT2D eigenvalue weighted by molar-refractivity contribution is 5.73. The summed E-state index contributed by atoms with van der Waals surface area (Å²) in [5.74, 6) is 1.51. The number of methoxy groups -OCH3 is 2. The highest BCUT2D eigenvalue weighted by Gasteiger charge is 2.11. The molecule has 0 amide bonds. The molecule has 0 radical (unpaired) electrons. The van der Waals surface area contributed by atoms with Crippen LogP contribution >= 0.6 is 0 Å². The van der Waals surface area contributed by atoms with Crippen LogP contribution in [0.25, 0.3) is 22.5 Å². The van der Waals surface area contributed by atoms with Crippen LogP contribution in [0.2, 0.25) is 0 Å². The fraction of sp³-hybridized carbons (Fsp3) is 0.118. The van der Waals surface area contributed by atoms with Crippen LogP contribution in [0.3, 0.4) is 0 Å². The summed E-state index contributed by atoms with van der Waals surface area (Å²) in [4.78, 5) is 0. The number of H-pyrrole nitrogens is 1. The first-order valence-electron chi connectivity index (χ1n) is 6.65.